The number of aromatic nitrogens is 2. The summed E-state index contributed by atoms with van der Waals surface area (Å²) < 4.78 is 12.1. The van der Waals surface area contributed by atoms with Crippen LogP contribution in [0.15, 0.2) is 44.7 Å². The monoisotopic (exact) mass is 550 g/mol. The third-order valence-electron chi connectivity index (χ3n) is 4.46. The van der Waals surface area contributed by atoms with E-state index in [-0.39, 0.29) is 28.0 Å². The molecule has 0 unspecified atom stereocenters. The van der Waals surface area contributed by atoms with E-state index < -0.39 is 23.2 Å². The number of hydrogen-bond acceptors (Lipinski definition) is 8. The first kappa shape index (κ1) is 25.3. The number of hydrogen-bond donors (Lipinski definition) is 0. The highest BCUT2D eigenvalue weighted by molar-refractivity contribution is 9.10. The van der Waals surface area contributed by atoms with Crippen molar-refractivity contribution in [3.05, 3.63) is 71.7 Å². The zero-order chi connectivity index (χ0) is 25.0. The molecule has 0 saturated carbocycles. The number of ether oxygens (including phenoxy) is 2. The van der Waals surface area contributed by atoms with Gasteiger partial charge < -0.3 is 9.47 Å². The summed E-state index contributed by atoms with van der Waals surface area (Å²) in [5.41, 5.74) is -0.0664. The number of esters is 1. The van der Waals surface area contributed by atoms with Gasteiger partial charge in [0.25, 0.3) is 5.56 Å². The van der Waals surface area contributed by atoms with Crippen molar-refractivity contribution >= 4 is 56.3 Å². The minimum absolute atomic E-state index is 0.100. The van der Waals surface area contributed by atoms with Gasteiger partial charge in [0.15, 0.2) is 6.61 Å². The minimum Gasteiger partial charge on any atom is -0.474 e. The van der Waals surface area contributed by atoms with E-state index in [2.05, 4.69) is 26.0 Å². The average molecular weight is 552 g/mol. The van der Waals surface area contributed by atoms with Gasteiger partial charge in [0.05, 0.1) is 33.2 Å². The van der Waals surface area contributed by atoms with Crippen molar-refractivity contribution in [2.45, 2.75) is 33.3 Å². The average Bonchev–Trinajstić information content (AvgIpc) is 2.77. The van der Waals surface area contributed by atoms with Gasteiger partial charge in [-0.3, -0.25) is 14.9 Å². The van der Waals surface area contributed by atoms with Crippen molar-refractivity contribution in [1.29, 1.82) is 0 Å². The summed E-state index contributed by atoms with van der Waals surface area (Å²) in [7, 11) is 0. The number of rotatable bonds is 8. The molecule has 12 heteroatoms. The van der Waals surface area contributed by atoms with Crippen LogP contribution in [-0.4, -0.2) is 39.5 Å². The Hall–Kier alpha value is -3.31. The second-order valence-corrected chi connectivity index (χ2v) is 8.66. The summed E-state index contributed by atoms with van der Waals surface area (Å²) in [5.74, 6) is -0.540. The van der Waals surface area contributed by atoms with E-state index in [1.165, 1.54) is 18.3 Å². The molecule has 0 aliphatic carbocycles. The predicted octanol–water partition coefficient (Wildman–Crippen LogP) is 4.50. The van der Waals surface area contributed by atoms with E-state index in [9.17, 15) is 19.7 Å². The van der Waals surface area contributed by atoms with E-state index in [1.807, 2.05) is 6.92 Å². The van der Waals surface area contributed by atoms with Crippen LogP contribution in [0.3, 0.4) is 0 Å². The smallest absolute Gasteiger partial charge is 0.344 e. The lowest BCUT2D eigenvalue weighted by molar-refractivity contribution is -0.385. The van der Waals surface area contributed by atoms with Crippen molar-refractivity contribution in [3.8, 4) is 5.75 Å². The highest BCUT2D eigenvalue weighted by atomic mass is 79.9. The largest absolute Gasteiger partial charge is 0.474 e. The minimum atomic E-state index is -0.689. The molecule has 0 saturated heterocycles. The predicted molar refractivity (Wildman–Crippen MR) is 131 cm³/mol. The first-order chi connectivity index (χ1) is 16.1. The van der Waals surface area contributed by atoms with Crippen LogP contribution in [0.25, 0.3) is 10.9 Å². The number of nitro benzene ring substituents is 1. The Balaban J connectivity index is 1.98. The summed E-state index contributed by atoms with van der Waals surface area (Å²) in [6.45, 7) is 4.62. The highest BCUT2D eigenvalue weighted by Crippen LogP contribution is 2.36. The summed E-state index contributed by atoms with van der Waals surface area (Å²) in [4.78, 5) is 40.1. The molecule has 0 fully saturated rings. The maximum absolute atomic E-state index is 13.0. The maximum Gasteiger partial charge on any atom is 0.344 e. The Morgan fingerprint density at radius 3 is 2.74 bits per heavy atom. The molecule has 2 aromatic carbocycles. The molecule has 0 aliphatic heterocycles. The van der Waals surface area contributed by atoms with Gasteiger partial charge in [0.1, 0.15) is 5.82 Å². The zero-order valence-electron chi connectivity index (χ0n) is 18.4. The second-order valence-electron chi connectivity index (χ2n) is 7.34. The normalized spacial score (nSPS) is 11.4. The molecule has 1 aromatic heterocycles. The van der Waals surface area contributed by atoms with Crippen molar-refractivity contribution in [2.75, 3.05) is 6.61 Å². The van der Waals surface area contributed by atoms with Crippen molar-refractivity contribution in [3.63, 3.8) is 0 Å². The zero-order valence-corrected chi connectivity index (χ0v) is 20.8. The van der Waals surface area contributed by atoms with Crippen LogP contribution < -0.4 is 10.3 Å². The second kappa shape index (κ2) is 10.7. The molecule has 0 aliphatic rings. The molecule has 0 bridgehead atoms. The number of nitro groups is 1. The van der Waals surface area contributed by atoms with Crippen molar-refractivity contribution in [2.24, 2.45) is 5.10 Å². The molecule has 0 spiro atoms. The van der Waals surface area contributed by atoms with Crippen molar-refractivity contribution in [1.82, 2.24) is 9.66 Å². The Labute approximate surface area is 207 Å². The van der Waals surface area contributed by atoms with E-state index in [0.717, 1.165) is 4.68 Å². The van der Waals surface area contributed by atoms with Crippen LogP contribution in [0.1, 0.15) is 32.2 Å². The van der Waals surface area contributed by atoms with Gasteiger partial charge in [0, 0.05) is 22.5 Å². The fourth-order valence-corrected chi connectivity index (χ4v) is 3.69. The van der Waals surface area contributed by atoms with Crippen LogP contribution >= 0.6 is 27.5 Å². The molecule has 3 rings (SSSR count). The fraction of sp³-hybridized carbons (Fsp3) is 0.273. The number of benzene rings is 2. The number of carbonyl (C=O) groups excluding carboxylic acids is 1. The molecule has 1 heterocycles. The maximum atomic E-state index is 13.0. The SMILES string of the molecule is CCc1nc2ccc(Br)cc2c(=O)n1N=Cc1cc(Cl)c(OCC(=O)OC(C)C)c([N+](=O)[O-])c1. The van der Waals surface area contributed by atoms with Crippen LogP contribution in [0, 0.1) is 10.1 Å². The van der Waals surface area contributed by atoms with Gasteiger partial charge in [-0.2, -0.15) is 9.78 Å². The Bertz CT molecular complexity index is 1360. The molecule has 10 nitrogen and oxygen atoms in total. The van der Waals surface area contributed by atoms with Gasteiger partial charge in [-0.15, -0.1) is 0 Å². The van der Waals surface area contributed by atoms with E-state index in [0.29, 0.717) is 27.6 Å². The summed E-state index contributed by atoms with van der Waals surface area (Å²) in [6, 6.07) is 7.72. The molecule has 178 valence electrons. The number of aryl methyl sites for hydroxylation is 1. The van der Waals surface area contributed by atoms with E-state index in [1.54, 1.807) is 32.0 Å². The molecular weight excluding hydrogens is 532 g/mol. The van der Waals surface area contributed by atoms with E-state index >= 15 is 0 Å². The Morgan fingerprint density at radius 2 is 2.09 bits per heavy atom. The van der Waals surface area contributed by atoms with Crippen LogP contribution in [0.2, 0.25) is 5.02 Å². The van der Waals surface area contributed by atoms with Crippen molar-refractivity contribution < 1.29 is 19.2 Å². The van der Waals surface area contributed by atoms with Gasteiger partial charge in [0.2, 0.25) is 5.75 Å². The number of nitrogens with zero attached hydrogens (tertiary/aromatic N) is 4. The van der Waals surface area contributed by atoms with Crippen LogP contribution in [0.4, 0.5) is 5.69 Å². The molecular formula is C22H20BrClN4O6. The quantitative estimate of drug-likeness (QED) is 0.175. The third kappa shape index (κ3) is 5.78. The number of carbonyl (C=O) groups is 1. The molecule has 0 atom stereocenters. The summed E-state index contributed by atoms with van der Waals surface area (Å²) >= 11 is 9.54. The van der Waals surface area contributed by atoms with Crippen LogP contribution in [-0.2, 0) is 16.0 Å². The number of fused-ring (bicyclic) bond motifs is 1. The summed E-state index contributed by atoms with van der Waals surface area (Å²) in [5, 5.41) is 16.1. The van der Waals surface area contributed by atoms with Gasteiger partial charge in [-0.25, -0.2) is 9.78 Å². The Kier molecular flexibility index (Phi) is 8.00. The highest BCUT2D eigenvalue weighted by Gasteiger charge is 2.22. The standard InChI is InChI=1S/C22H20BrClN4O6/c1-4-19-26-17-6-5-14(23)9-15(17)22(30)27(19)25-10-13-7-16(24)21(18(8-13)28(31)32)33-11-20(29)34-12(2)3/h5-10,12H,4,11H2,1-3H3. The summed E-state index contributed by atoms with van der Waals surface area (Å²) in [6.07, 6.45) is 1.34. The van der Waals surface area contributed by atoms with Gasteiger partial charge in [-0.1, -0.05) is 34.5 Å². The molecule has 3 aromatic rings. The lowest BCUT2D eigenvalue weighted by Gasteiger charge is -2.11. The van der Waals surface area contributed by atoms with E-state index in [4.69, 9.17) is 21.1 Å². The lowest BCUT2D eigenvalue weighted by atomic mass is 10.2. The first-order valence-corrected chi connectivity index (χ1v) is 11.3. The topological polar surface area (TPSA) is 126 Å². The third-order valence-corrected chi connectivity index (χ3v) is 5.23. The van der Waals surface area contributed by atoms with Gasteiger partial charge >= 0.3 is 11.7 Å². The molecule has 0 radical (unpaired) electrons. The first-order valence-electron chi connectivity index (χ1n) is 10.2. The Morgan fingerprint density at radius 1 is 1.35 bits per heavy atom. The fourth-order valence-electron chi connectivity index (χ4n) is 3.05. The molecule has 0 N–H and O–H groups in total. The van der Waals surface area contributed by atoms with Crippen LogP contribution in [0.5, 0.6) is 5.75 Å². The molecule has 0 amide bonds. The lowest BCUT2D eigenvalue weighted by Crippen LogP contribution is -2.22. The number of halogens is 2. The van der Waals surface area contributed by atoms with Gasteiger partial charge in [-0.05, 0) is 38.1 Å². The molecule has 34 heavy (non-hydrogen) atoms.